The topological polar surface area (TPSA) is 96.5 Å². The first kappa shape index (κ1) is 11.6. The summed E-state index contributed by atoms with van der Waals surface area (Å²) in [6.07, 6.45) is 0. The van der Waals surface area contributed by atoms with E-state index < -0.39 is 0 Å². The minimum Gasteiger partial charge on any atom is -0.496 e. The molecular formula is C10H17N3O2. The van der Waals surface area contributed by atoms with E-state index in [4.69, 9.17) is 26.7 Å². The zero-order chi connectivity index (χ0) is 11.4. The minimum atomic E-state index is 0.296. The lowest BCUT2D eigenvalue weighted by atomic mass is 10.1. The molecule has 0 saturated carbocycles. The highest BCUT2D eigenvalue weighted by Gasteiger charge is 2.16. The third-order valence-corrected chi connectivity index (χ3v) is 2.26. The molecule has 0 bridgehead atoms. The van der Waals surface area contributed by atoms with Crippen LogP contribution in [-0.2, 0) is 13.1 Å². The van der Waals surface area contributed by atoms with Crippen LogP contribution < -0.4 is 26.7 Å². The van der Waals surface area contributed by atoms with Gasteiger partial charge in [0.05, 0.1) is 25.5 Å². The Morgan fingerprint density at radius 2 is 1.67 bits per heavy atom. The van der Waals surface area contributed by atoms with E-state index in [2.05, 4.69) is 0 Å². The predicted octanol–water partition coefficient (Wildman–Crippen LogP) is 0.203. The molecule has 0 aromatic heterocycles. The first-order valence-electron chi connectivity index (χ1n) is 4.61. The Hall–Kier alpha value is -1.46. The summed E-state index contributed by atoms with van der Waals surface area (Å²) < 4.78 is 10.4. The Morgan fingerprint density at radius 1 is 1.07 bits per heavy atom. The second-order valence-electron chi connectivity index (χ2n) is 3.08. The van der Waals surface area contributed by atoms with Crippen molar-refractivity contribution >= 4 is 5.69 Å². The van der Waals surface area contributed by atoms with E-state index in [1.165, 1.54) is 0 Å². The average Bonchev–Trinajstić information content (AvgIpc) is 2.27. The summed E-state index contributed by atoms with van der Waals surface area (Å²) in [5.74, 6) is 1.22. The van der Waals surface area contributed by atoms with Crippen LogP contribution in [0.5, 0.6) is 11.5 Å². The molecule has 1 aromatic rings. The second-order valence-corrected chi connectivity index (χ2v) is 3.08. The first-order valence-corrected chi connectivity index (χ1v) is 4.61. The van der Waals surface area contributed by atoms with Crippen molar-refractivity contribution in [2.75, 3.05) is 20.0 Å². The van der Waals surface area contributed by atoms with Crippen molar-refractivity contribution in [3.63, 3.8) is 0 Å². The van der Waals surface area contributed by atoms with Gasteiger partial charge in [-0.2, -0.15) is 0 Å². The van der Waals surface area contributed by atoms with Crippen LogP contribution in [0.25, 0.3) is 0 Å². The highest BCUT2D eigenvalue weighted by atomic mass is 16.5. The Balaban J connectivity index is 3.44. The summed E-state index contributed by atoms with van der Waals surface area (Å²) in [4.78, 5) is 0. The summed E-state index contributed by atoms with van der Waals surface area (Å²) in [5.41, 5.74) is 19.2. The molecule has 1 aromatic carbocycles. The average molecular weight is 211 g/mol. The number of hydrogen-bond donors (Lipinski definition) is 3. The molecular weight excluding hydrogens is 194 g/mol. The number of benzene rings is 1. The van der Waals surface area contributed by atoms with Gasteiger partial charge in [-0.1, -0.05) is 0 Å². The van der Waals surface area contributed by atoms with Gasteiger partial charge in [0.1, 0.15) is 11.5 Å². The first-order chi connectivity index (χ1) is 7.19. The maximum absolute atomic E-state index is 5.82. The van der Waals surface area contributed by atoms with Crippen LogP contribution in [0, 0.1) is 0 Å². The summed E-state index contributed by atoms with van der Waals surface area (Å²) in [6.45, 7) is 0.648. The van der Waals surface area contributed by atoms with E-state index in [1.807, 2.05) is 0 Å². The van der Waals surface area contributed by atoms with Crippen LogP contribution in [0.2, 0.25) is 0 Å². The normalized spacial score (nSPS) is 10.1. The molecule has 0 aliphatic rings. The highest BCUT2D eigenvalue weighted by molar-refractivity contribution is 5.64. The van der Waals surface area contributed by atoms with Gasteiger partial charge in [0.25, 0.3) is 0 Å². The van der Waals surface area contributed by atoms with E-state index in [9.17, 15) is 0 Å². The van der Waals surface area contributed by atoms with Crippen LogP contribution in [0.1, 0.15) is 11.1 Å². The molecule has 0 spiro atoms. The second kappa shape index (κ2) is 4.86. The van der Waals surface area contributed by atoms with Crippen molar-refractivity contribution < 1.29 is 9.47 Å². The number of methoxy groups -OCH3 is 2. The molecule has 84 valence electrons. The van der Waals surface area contributed by atoms with E-state index in [0.717, 1.165) is 11.1 Å². The Labute approximate surface area is 89.1 Å². The van der Waals surface area contributed by atoms with Gasteiger partial charge in [0.2, 0.25) is 0 Å². The molecule has 5 nitrogen and oxygen atoms in total. The summed E-state index contributed by atoms with van der Waals surface area (Å²) in [5, 5.41) is 0. The van der Waals surface area contributed by atoms with Crippen molar-refractivity contribution in [1.82, 2.24) is 0 Å². The minimum absolute atomic E-state index is 0.296. The lowest BCUT2D eigenvalue weighted by Gasteiger charge is -2.17. The summed E-state index contributed by atoms with van der Waals surface area (Å²) in [6, 6.07) is 1.75. The fourth-order valence-electron chi connectivity index (χ4n) is 1.62. The van der Waals surface area contributed by atoms with E-state index in [0.29, 0.717) is 30.3 Å². The van der Waals surface area contributed by atoms with Crippen molar-refractivity contribution in [3.8, 4) is 11.5 Å². The number of rotatable bonds is 4. The van der Waals surface area contributed by atoms with Crippen LogP contribution >= 0.6 is 0 Å². The number of nitrogen functional groups attached to an aromatic ring is 1. The van der Waals surface area contributed by atoms with E-state index in [-0.39, 0.29) is 0 Å². The lowest BCUT2D eigenvalue weighted by molar-refractivity contribution is 0.384. The van der Waals surface area contributed by atoms with Crippen LogP contribution in [0.4, 0.5) is 5.69 Å². The van der Waals surface area contributed by atoms with Crippen LogP contribution in [-0.4, -0.2) is 14.2 Å². The zero-order valence-corrected chi connectivity index (χ0v) is 9.04. The van der Waals surface area contributed by atoms with Gasteiger partial charge in [-0.15, -0.1) is 0 Å². The largest absolute Gasteiger partial charge is 0.496 e. The molecule has 1 rings (SSSR count). The highest BCUT2D eigenvalue weighted by Crippen LogP contribution is 2.36. The van der Waals surface area contributed by atoms with Crippen molar-refractivity contribution in [3.05, 3.63) is 17.2 Å². The molecule has 0 saturated heterocycles. The van der Waals surface area contributed by atoms with Gasteiger partial charge in [-0.3, -0.25) is 0 Å². The SMILES string of the molecule is COc1c(N)cc(CN)c(OC)c1CN. The fraction of sp³-hybridized carbons (Fsp3) is 0.400. The molecule has 5 heteroatoms. The molecule has 0 atom stereocenters. The van der Waals surface area contributed by atoms with E-state index in [1.54, 1.807) is 20.3 Å². The van der Waals surface area contributed by atoms with Gasteiger partial charge in [-0.25, -0.2) is 0 Å². The van der Waals surface area contributed by atoms with E-state index >= 15 is 0 Å². The molecule has 0 aliphatic carbocycles. The van der Waals surface area contributed by atoms with Crippen molar-refractivity contribution in [2.45, 2.75) is 13.1 Å². The van der Waals surface area contributed by atoms with Gasteiger partial charge in [0.15, 0.2) is 0 Å². The number of ether oxygens (including phenoxy) is 2. The van der Waals surface area contributed by atoms with Gasteiger partial charge < -0.3 is 26.7 Å². The third-order valence-electron chi connectivity index (χ3n) is 2.26. The third kappa shape index (κ3) is 1.98. The van der Waals surface area contributed by atoms with Crippen molar-refractivity contribution in [1.29, 1.82) is 0 Å². The molecule has 6 N–H and O–H groups in total. The number of hydrogen-bond acceptors (Lipinski definition) is 5. The standard InChI is InChI=1S/C10H17N3O2/c1-14-9-6(4-11)3-8(13)10(15-2)7(9)5-12/h3H,4-5,11-13H2,1-2H3. The fourth-order valence-corrected chi connectivity index (χ4v) is 1.62. The maximum Gasteiger partial charge on any atom is 0.149 e. The lowest BCUT2D eigenvalue weighted by Crippen LogP contribution is -2.09. The molecule has 15 heavy (non-hydrogen) atoms. The predicted molar refractivity (Wildman–Crippen MR) is 59.7 cm³/mol. The molecule has 0 aliphatic heterocycles. The van der Waals surface area contributed by atoms with Gasteiger partial charge >= 0.3 is 0 Å². The summed E-state index contributed by atoms with van der Waals surface area (Å²) >= 11 is 0. The van der Waals surface area contributed by atoms with Crippen LogP contribution in [0.15, 0.2) is 6.07 Å². The summed E-state index contributed by atoms with van der Waals surface area (Å²) in [7, 11) is 3.12. The van der Waals surface area contributed by atoms with Gasteiger partial charge in [-0.05, 0) is 6.07 Å². The zero-order valence-electron chi connectivity index (χ0n) is 9.04. The van der Waals surface area contributed by atoms with Gasteiger partial charge in [0, 0.05) is 18.7 Å². The molecule has 0 radical (unpaired) electrons. The monoisotopic (exact) mass is 211 g/mol. The maximum atomic E-state index is 5.82. The molecule has 0 fully saturated rings. The smallest absolute Gasteiger partial charge is 0.149 e. The number of anilines is 1. The van der Waals surface area contributed by atoms with Crippen molar-refractivity contribution in [2.24, 2.45) is 11.5 Å². The Kier molecular flexibility index (Phi) is 3.76. The molecule has 0 amide bonds. The van der Waals surface area contributed by atoms with Crippen LogP contribution in [0.3, 0.4) is 0 Å². The quantitative estimate of drug-likeness (QED) is 0.618. The number of nitrogens with two attached hydrogens (primary N) is 3. The Morgan fingerprint density at radius 3 is 2.07 bits per heavy atom. The molecule has 0 heterocycles. The Bertz CT molecular complexity index is 353. The molecule has 0 unspecified atom stereocenters.